The Hall–Kier alpha value is -1.65. The van der Waals surface area contributed by atoms with Crippen LogP contribution in [0, 0.1) is 5.41 Å². The second-order valence-electron chi connectivity index (χ2n) is 6.14. The number of aliphatic hydroxyl groups excluding tert-OH is 1. The molecule has 0 aliphatic heterocycles. The Balaban J connectivity index is 1.61. The summed E-state index contributed by atoms with van der Waals surface area (Å²) in [6, 6.07) is 10.5. The van der Waals surface area contributed by atoms with Crippen molar-refractivity contribution in [2.75, 3.05) is 0 Å². The van der Waals surface area contributed by atoms with Crippen LogP contribution >= 0.6 is 0 Å². The van der Waals surface area contributed by atoms with Gasteiger partial charge in [-0.25, -0.2) is 4.68 Å². The molecular weight excluding hydrogens is 250 g/mol. The highest BCUT2D eigenvalue weighted by molar-refractivity contribution is 5.30. The first-order valence-electron chi connectivity index (χ1n) is 7.08. The maximum absolute atomic E-state index is 9.74. The van der Waals surface area contributed by atoms with E-state index in [9.17, 15) is 5.11 Å². The van der Waals surface area contributed by atoms with Gasteiger partial charge in [0.25, 0.3) is 0 Å². The molecule has 4 nitrogen and oxygen atoms in total. The van der Waals surface area contributed by atoms with E-state index in [-0.39, 0.29) is 11.5 Å². The van der Waals surface area contributed by atoms with Gasteiger partial charge in [0.05, 0.1) is 18.0 Å². The van der Waals surface area contributed by atoms with Crippen molar-refractivity contribution >= 4 is 0 Å². The molecule has 1 aromatic carbocycles. The molecule has 1 heterocycles. The molecule has 1 aromatic heterocycles. The second kappa shape index (κ2) is 5.04. The largest absolute Gasteiger partial charge is 0.392 e. The smallest absolute Gasteiger partial charge is 0.0645 e. The number of nitrogens with zero attached hydrogens (tertiary/aromatic N) is 2. The van der Waals surface area contributed by atoms with Gasteiger partial charge in [-0.15, -0.1) is 0 Å². The zero-order chi connectivity index (χ0) is 14.2. The molecule has 2 atom stereocenters. The molecular formula is C16H21N3O. The van der Waals surface area contributed by atoms with Crippen LogP contribution in [0.5, 0.6) is 0 Å². The molecule has 1 aliphatic carbocycles. The highest BCUT2D eigenvalue weighted by atomic mass is 16.3. The first-order chi connectivity index (χ1) is 9.57. The van der Waals surface area contributed by atoms with Crippen molar-refractivity contribution in [3.63, 3.8) is 0 Å². The maximum Gasteiger partial charge on any atom is 0.0645 e. The fraction of sp³-hybridized carbons (Fsp3) is 0.438. The van der Waals surface area contributed by atoms with Gasteiger partial charge in [0.15, 0.2) is 0 Å². The highest BCUT2D eigenvalue weighted by Crippen LogP contribution is 2.40. The van der Waals surface area contributed by atoms with Crippen LogP contribution in [0.2, 0.25) is 0 Å². The average Bonchev–Trinajstić information content (AvgIpc) is 2.93. The summed E-state index contributed by atoms with van der Waals surface area (Å²) in [6.07, 6.45) is 4.58. The standard InChI is InChI=1S/C16H21N3O/c1-16(2)14(8-15(16)20)17-9-12-10-18-19(11-12)13-6-4-3-5-7-13/h3-7,10-11,14-15,17,20H,8-9H2,1-2H3. The average molecular weight is 271 g/mol. The van der Waals surface area contributed by atoms with Crippen molar-refractivity contribution in [1.29, 1.82) is 0 Å². The minimum absolute atomic E-state index is 0.0323. The predicted molar refractivity (Wildman–Crippen MR) is 78.6 cm³/mol. The van der Waals surface area contributed by atoms with Gasteiger partial charge in [-0.2, -0.15) is 5.10 Å². The fourth-order valence-corrected chi connectivity index (χ4v) is 2.66. The molecule has 1 saturated carbocycles. The van der Waals surface area contributed by atoms with E-state index in [1.807, 2.05) is 47.4 Å². The summed E-state index contributed by atoms with van der Waals surface area (Å²) >= 11 is 0. The molecule has 1 fully saturated rings. The van der Waals surface area contributed by atoms with Crippen LogP contribution in [0.4, 0.5) is 0 Å². The quantitative estimate of drug-likeness (QED) is 0.895. The Labute approximate surface area is 119 Å². The first-order valence-corrected chi connectivity index (χ1v) is 7.08. The van der Waals surface area contributed by atoms with E-state index in [1.165, 1.54) is 0 Å². The number of benzene rings is 1. The molecule has 2 aromatic rings. The van der Waals surface area contributed by atoms with E-state index >= 15 is 0 Å². The zero-order valence-electron chi connectivity index (χ0n) is 12.0. The van der Waals surface area contributed by atoms with Gasteiger partial charge in [-0.1, -0.05) is 32.0 Å². The molecule has 4 heteroatoms. The molecule has 2 N–H and O–H groups in total. The summed E-state index contributed by atoms with van der Waals surface area (Å²) < 4.78 is 1.89. The molecule has 0 bridgehead atoms. The molecule has 20 heavy (non-hydrogen) atoms. The summed E-state index contributed by atoms with van der Waals surface area (Å²) in [7, 11) is 0. The lowest BCUT2D eigenvalue weighted by atomic mass is 9.64. The third kappa shape index (κ3) is 2.37. The van der Waals surface area contributed by atoms with Crippen molar-refractivity contribution in [1.82, 2.24) is 15.1 Å². The van der Waals surface area contributed by atoms with Crippen molar-refractivity contribution in [2.45, 2.75) is 39.0 Å². The number of rotatable bonds is 4. The predicted octanol–water partition coefficient (Wildman–Crippen LogP) is 2.12. The van der Waals surface area contributed by atoms with Crippen LogP contribution in [0.3, 0.4) is 0 Å². The summed E-state index contributed by atoms with van der Waals surface area (Å²) in [6.45, 7) is 4.99. The number of nitrogens with one attached hydrogen (secondary N) is 1. The molecule has 106 valence electrons. The number of hydrogen-bond acceptors (Lipinski definition) is 3. The minimum atomic E-state index is -0.188. The van der Waals surface area contributed by atoms with Crippen LogP contribution in [0.15, 0.2) is 42.7 Å². The van der Waals surface area contributed by atoms with Crippen molar-refractivity contribution in [3.8, 4) is 5.69 Å². The fourth-order valence-electron chi connectivity index (χ4n) is 2.66. The molecule has 0 spiro atoms. The molecule has 0 radical (unpaired) electrons. The second-order valence-corrected chi connectivity index (χ2v) is 6.14. The molecule has 2 unspecified atom stereocenters. The van der Waals surface area contributed by atoms with Gasteiger partial charge in [-0.3, -0.25) is 0 Å². The van der Waals surface area contributed by atoms with E-state index in [4.69, 9.17) is 0 Å². The monoisotopic (exact) mass is 271 g/mol. The van der Waals surface area contributed by atoms with Crippen LogP contribution in [0.25, 0.3) is 5.69 Å². The molecule has 0 saturated heterocycles. The normalized spacial score (nSPS) is 24.4. The van der Waals surface area contributed by atoms with E-state index in [0.29, 0.717) is 6.04 Å². The van der Waals surface area contributed by atoms with Gasteiger partial charge in [0, 0.05) is 29.8 Å². The van der Waals surface area contributed by atoms with E-state index in [1.54, 1.807) is 0 Å². The Morgan fingerprint density at radius 1 is 1.35 bits per heavy atom. The first kappa shape index (κ1) is 13.3. The Morgan fingerprint density at radius 3 is 2.75 bits per heavy atom. The van der Waals surface area contributed by atoms with Gasteiger partial charge in [0.2, 0.25) is 0 Å². The Morgan fingerprint density at radius 2 is 2.10 bits per heavy atom. The number of para-hydroxylation sites is 1. The molecule has 3 rings (SSSR count). The van der Waals surface area contributed by atoms with Crippen LogP contribution in [-0.2, 0) is 6.54 Å². The lowest BCUT2D eigenvalue weighted by Crippen LogP contribution is -2.59. The number of hydrogen-bond donors (Lipinski definition) is 2. The van der Waals surface area contributed by atoms with Crippen LogP contribution in [-0.4, -0.2) is 27.0 Å². The van der Waals surface area contributed by atoms with Gasteiger partial charge in [-0.05, 0) is 18.6 Å². The summed E-state index contributed by atoms with van der Waals surface area (Å²) in [5, 5.41) is 17.6. The SMILES string of the molecule is CC1(C)C(O)CC1NCc1cnn(-c2ccccc2)c1. The third-order valence-electron chi connectivity index (χ3n) is 4.43. The zero-order valence-corrected chi connectivity index (χ0v) is 12.0. The topological polar surface area (TPSA) is 50.1 Å². The van der Waals surface area contributed by atoms with Gasteiger partial charge in [0.1, 0.15) is 0 Å². The number of aromatic nitrogens is 2. The van der Waals surface area contributed by atoms with Crippen LogP contribution < -0.4 is 5.32 Å². The Kier molecular flexibility index (Phi) is 3.36. The Bertz CT molecular complexity index is 576. The lowest BCUT2D eigenvalue weighted by molar-refractivity contribution is -0.0729. The molecule has 1 aliphatic rings. The van der Waals surface area contributed by atoms with E-state index < -0.39 is 0 Å². The lowest BCUT2D eigenvalue weighted by Gasteiger charge is -2.49. The van der Waals surface area contributed by atoms with E-state index in [0.717, 1.165) is 24.2 Å². The van der Waals surface area contributed by atoms with Gasteiger partial charge >= 0.3 is 0 Å². The molecule has 0 amide bonds. The van der Waals surface area contributed by atoms with E-state index in [2.05, 4.69) is 24.3 Å². The third-order valence-corrected chi connectivity index (χ3v) is 4.43. The highest BCUT2D eigenvalue weighted by Gasteiger charge is 2.46. The minimum Gasteiger partial charge on any atom is -0.392 e. The summed E-state index contributed by atoms with van der Waals surface area (Å²) in [5.41, 5.74) is 2.19. The summed E-state index contributed by atoms with van der Waals surface area (Å²) in [4.78, 5) is 0. The van der Waals surface area contributed by atoms with Crippen molar-refractivity contribution in [2.24, 2.45) is 5.41 Å². The van der Waals surface area contributed by atoms with Gasteiger partial charge < -0.3 is 10.4 Å². The maximum atomic E-state index is 9.74. The van der Waals surface area contributed by atoms with Crippen LogP contribution in [0.1, 0.15) is 25.8 Å². The van der Waals surface area contributed by atoms with Crippen molar-refractivity contribution in [3.05, 3.63) is 48.3 Å². The van der Waals surface area contributed by atoms with Crippen molar-refractivity contribution < 1.29 is 5.11 Å². The summed E-state index contributed by atoms with van der Waals surface area (Å²) in [5.74, 6) is 0. The number of aliphatic hydroxyl groups is 1.